The van der Waals surface area contributed by atoms with Gasteiger partial charge in [0.25, 0.3) is 0 Å². The standard InChI is InChI=1S/C41H25N3Se/c45-37-16-8-15-34-38(37)35-25-32(31-19-17-26-9-4-6-13-29(26)23-31)21-22-36(35)44-40(28-11-2-1-3-12-28)42-39(43-41(34)44)33-20-18-27-10-5-7-14-30(27)24-33/h1-25H/q+1. The Hall–Kier alpha value is -5.41. The Morgan fingerprint density at radius 3 is 1.82 bits per heavy atom. The molecule has 1 radical (unpaired) electrons. The molecule has 0 bridgehead atoms. The molecule has 0 amide bonds. The molecule has 0 aliphatic heterocycles. The monoisotopic (exact) mass is 639 g/mol. The minimum absolute atomic E-state index is 0.707. The van der Waals surface area contributed by atoms with E-state index < -0.39 is 0 Å². The van der Waals surface area contributed by atoms with Crippen molar-refractivity contribution in [3.05, 3.63) is 152 Å². The van der Waals surface area contributed by atoms with E-state index in [4.69, 9.17) is 9.97 Å². The van der Waals surface area contributed by atoms with E-state index in [-0.39, 0.29) is 0 Å². The Morgan fingerprint density at radius 2 is 1.07 bits per heavy atom. The summed E-state index contributed by atoms with van der Waals surface area (Å²) in [6.45, 7) is 0. The van der Waals surface area contributed by atoms with Gasteiger partial charge in [0.2, 0.25) is 0 Å². The Bertz CT molecular complexity index is 2610. The Balaban J connectivity index is 1.39. The number of pyridine rings is 1. The fourth-order valence-electron chi connectivity index (χ4n) is 6.55. The molecule has 3 nitrogen and oxygen atoms in total. The van der Waals surface area contributed by atoms with Gasteiger partial charge >= 0.3 is 269 Å². The van der Waals surface area contributed by atoms with Crippen LogP contribution in [-0.4, -0.2) is 26.0 Å². The number of benzene rings is 7. The first kappa shape index (κ1) is 26.0. The maximum atomic E-state index is 5.31. The van der Waals surface area contributed by atoms with Crippen molar-refractivity contribution < 1.29 is 4.40 Å². The second-order valence-corrected chi connectivity index (χ2v) is 12.4. The predicted molar refractivity (Wildman–Crippen MR) is 187 cm³/mol. The summed E-state index contributed by atoms with van der Waals surface area (Å²) in [5, 5.41) is 8.24. The van der Waals surface area contributed by atoms with E-state index in [9.17, 15) is 0 Å². The van der Waals surface area contributed by atoms with Crippen molar-refractivity contribution in [2.24, 2.45) is 0 Å². The fraction of sp³-hybridized carbons (Fsp3) is 0. The van der Waals surface area contributed by atoms with Gasteiger partial charge < -0.3 is 0 Å². The van der Waals surface area contributed by atoms with Gasteiger partial charge in [0.1, 0.15) is 0 Å². The minimum atomic E-state index is 0.707. The Labute approximate surface area is 268 Å². The van der Waals surface area contributed by atoms with Crippen LogP contribution in [0.5, 0.6) is 0 Å². The second kappa shape index (κ2) is 10.3. The van der Waals surface area contributed by atoms with E-state index in [0.717, 1.165) is 48.7 Å². The molecule has 4 heteroatoms. The van der Waals surface area contributed by atoms with Gasteiger partial charge in [-0.05, 0) is 0 Å². The van der Waals surface area contributed by atoms with E-state index in [0.29, 0.717) is 5.82 Å². The zero-order chi connectivity index (χ0) is 29.9. The molecule has 0 unspecified atom stereocenters. The topological polar surface area (TPSA) is 29.9 Å². The number of rotatable bonds is 3. The molecule has 2 aromatic heterocycles. The third kappa shape index (κ3) is 4.30. The molecule has 0 saturated carbocycles. The van der Waals surface area contributed by atoms with Crippen LogP contribution in [0.4, 0.5) is 0 Å². The zero-order valence-corrected chi connectivity index (χ0v) is 25.9. The molecule has 0 N–H and O–H groups in total. The van der Waals surface area contributed by atoms with Crippen LogP contribution in [0.3, 0.4) is 0 Å². The van der Waals surface area contributed by atoms with Gasteiger partial charge in [0, 0.05) is 0 Å². The van der Waals surface area contributed by atoms with Crippen molar-refractivity contribution in [3.63, 3.8) is 0 Å². The molecule has 0 saturated heterocycles. The molecule has 0 fully saturated rings. The van der Waals surface area contributed by atoms with Crippen LogP contribution in [0.1, 0.15) is 0 Å². The summed E-state index contributed by atoms with van der Waals surface area (Å²) in [6.07, 6.45) is 0. The number of nitrogens with zero attached hydrogens (tertiary/aromatic N) is 3. The average Bonchev–Trinajstić information content (AvgIpc) is 3.11. The predicted octanol–water partition coefficient (Wildman–Crippen LogP) is 8.62. The molecule has 45 heavy (non-hydrogen) atoms. The van der Waals surface area contributed by atoms with Crippen molar-refractivity contribution in [2.75, 3.05) is 0 Å². The summed E-state index contributed by atoms with van der Waals surface area (Å²) in [4.78, 5) is 10.6. The molecule has 0 aliphatic carbocycles. The molecule has 2 heterocycles. The number of fused-ring (bicyclic) bond motifs is 8. The molecule has 0 aliphatic rings. The molecule has 0 spiro atoms. The van der Waals surface area contributed by atoms with Gasteiger partial charge in [0.05, 0.1) is 0 Å². The van der Waals surface area contributed by atoms with Crippen LogP contribution in [0.15, 0.2) is 152 Å². The second-order valence-electron chi connectivity index (χ2n) is 11.4. The molecule has 9 aromatic rings. The van der Waals surface area contributed by atoms with Gasteiger partial charge in [-0.15, -0.1) is 0 Å². The van der Waals surface area contributed by atoms with Crippen LogP contribution in [-0.2, 0) is 0 Å². The van der Waals surface area contributed by atoms with E-state index in [1.54, 1.807) is 0 Å². The van der Waals surface area contributed by atoms with Crippen LogP contribution >= 0.6 is 0 Å². The van der Waals surface area contributed by atoms with Crippen molar-refractivity contribution in [3.8, 4) is 33.9 Å². The summed E-state index contributed by atoms with van der Waals surface area (Å²) in [7, 11) is 0. The maximum absolute atomic E-state index is 5.31. The average molecular weight is 639 g/mol. The van der Waals surface area contributed by atoms with Gasteiger partial charge in [-0.1, -0.05) is 0 Å². The van der Waals surface area contributed by atoms with Crippen LogP contribution in [0.2, 0.25) is 0 Å². The van der Waals surface area contributed by atoms with E-state index in [1.165, 1.54) is 32.7 Å². The van der Waals surface area contributed by atoms with E-state index >= 15 is 0 Å². The first-order valence-corrected chi connectivity index (χ1v) is 15.9. The van der Waals surface area contributed by atoms with Crippen LogP contribution in [0, 0.1) is 0 Å². The Morgan fingerprint density at radius 1 is 0.444 bits per heavy atom. The Kier molecular flexibility index (Phi) is 5.99. The van der Waals surface area contributed by atoms with Crippen LogP contribution < -0.4 is 8.86 Å². The third-order valence-electron chi connectivity index (χ3n) is 8.74. The summed E-state index contributed by atoms with van der Waals surface area (Å²) < 4.78 is 3.34. The zero-order valence-electron chi connectivity index (χ0n) is 24.2. The molecule has 209 valence electrons. The first-order valence-electron chi connectivity index (χ1n) is 15.0. The van der Waals surface area contributed by atoms with Crippen molar-refractivity contribution in [2.45, 2.75) is 0 Å². The molecule has 0 atom stereocenters. The third-order valence-corrected chi connectivity index (χ3v) is 9.46. The van der Waals surface area contributed by atoms with Crippen LogP contribution in [0.25, 0.3) is 82.8 Å². The summed E-state index contributed by atoms with van der Waals surface area (Å²) in [5.41, 5.74) is 6.34. The van der Waals surface area contributed by atoms with E-state index in [2.05, 4.69) is 166 Å². The first-order chi connectivity index (χ1) is 22.2. The fourth-order valence-corrected chi connectivity index (χ4v) is 7.17. The molecular weight excluding hydrogens is 613 g/mol. The summed E-state index contributed by atoms with van der Waals surface area (Å²) in [5.74, 6) is 1.57. The SMILES string of the molecule is [Se]c1cccc2c1c1cc(-c3ccc4ccccc4c3)ccc1[n+]1c(-c3ccccc3)nc(-c3ccc4ccccc4c3)nc21. The van der Waals surface area contributed by atoms with E-state index in [1.807, 2.05) is 6.07 Å². The van der Waals surface area contributed by atoms with Crippen molar-refractivity contribution in [1.82, 2.24) is 9.97 Å². The van der Waals surface area contributed by atoms with Gasteiger partial charge in [-0.25, -0.2) is 0 Å². The number of aromatic nitrogens is 3. The van der Waals surface area contributed by atoms with Crippen molar-refractivity contribution in [1.29, 1.82) is 0 Å². The molecular formula is C41H25N3Se+. The number of hydrogen-bond acceptors (Lipinski definition) is 2. The number of hydrogen-bond donors (Lipinski definition) is 0. The quantitative estimate of drug-likeness (QED) is 0.110. The molecule has 7 aromatic carbocycles. The van der Waals surface area contributed by atoms with Crippen molar-refractivity contribution >= 4 is 69.3 Å². The van der Waals surface area contributed by atoms with Gasteiger partial charge in [0.15, 0.2) is 0 Å². The summed E-state index contributed by atoms with van der Waals surface area (Å²) in [6, 6.07) is 53.7. The summed E-state index contributed by atoms with van der Waals surface area (Å²) >= 11 is 3.35. The molecule has 9 rings (SSSR count). The van der Waals surface area contributed by atoms with Gasteiger partial charge in [-0.2, -0.15) is 0 Å². The van der Waals surface area contributed by atoms with Gasteiger partial charge in [-0.3, -0.25) is 0 Å². The normalized spacial score (nSPS) is 11.6.